The normalized spacial score (nSPS) is 14.7. The van der Waals surface area contributed by atoms with Gasteiger partial charge in [-0.05, 0) is 41.0 Å². The van der Waals surface area contributed by atoms with Crippen molar-refractivity contribution in [2.45, 2.75) is 59.0 Å². The summed E-state index contributed by atoms with van der Waals surface area (Å²) in [6, 6.07) is 0. The predicted octanol–water partition coefficient (Wildman–Crippen LogP) is 1.74. The molecular formula is C13H28N4O3. The van der Waals surface area contributed by atoms with Gasteiger partial charge in [0.1, 0.15) is 0 Å². The Labute approximate surface area is 121 Å². The molecule has 0 aromatic rings. The highest BCUT2D eigenvalue weighted by molar-refractivity contribution is 5.92. The zero-order chi connectivity index (χ0) is 15.8. The van der Waals surface area contributed by atoms with Gasteiger partial charge in [-0.15, -0.1) is 0 Å². The molecule has 0 aliphatic carbocycles. The molecule has 0 bridgehead atoms. The molecule has 0 radical (unpaired) electrons. The van der Waals surface area contributed by atoms with Gasteiger partial charge in [-0.3, -0.25) is 4.84 Å². The molecule has 0 atom stereocenters. The van der Waals surface area contributed by atoms with E-state index in [9.17, 15) is 0 Å². The average molecular weight is 288 g/mol. The third-order valence-electron chi connectivity index (χ3n) is 3.33. The van der Waals surface area contributed by atoms with E-state index in [0.717, 1.165) is 0 Å². The Morgan fingerprint density at radius 2 is 1.70 bits per heavy atom. The molecule has 4 N–H and O–H groups in total. The number of hydrogen-bond donors (Lipinski definition) is 4. The second kappa shape index (κ2) is 8.18. The zero-order valence-corrected chi connectivity index (χ0v) is 13.3. The van der Waals surface area contributed by atoms with Gasteiger partial charge in [0.25, 0.3) is 0 Å². The first-order chi connectivity index (χ1) is 9.21. The summed E-state index contributed by atoms with van der Waals surface area (Å²) < 4.78 is 0. The summed E-state index contributed by atoms with van der Waals surface area (Å²) in [6.07, 6.45) is 0.675. The van der Waals surface area contributed by atoms with Gasteiger partial charge in [-0.1, -0.05) is 17.2 Å². The average Bonchev–Trinajstić information content (AvgIpc) is 2.38. The van der Waals surface area contributed by atoms with Crippen LogP contribution in [0.2, 0.25) is 0 Å². The fourth-order valence-corrected chi connectivity index (χ4v) is 1.58. The lowest BCUT2D eigenvalue weighted by Gasteiger charge is -2.28. The van der Waals surface area contributed by atoms with Crippen LogP contribution in [-0.2, 0) is 4.84 Å². The van der Waals surface area contributed by atoms with Gasteiger partial charge in [-0.2, -0.15) is 5.48 Å². The van der Waals surface area contributed by atoms with E-state index in [2.05, 4.69) is 21.1 Å². The minimum atomic E-state index is -0.536. The number of nitrogens with zero attached hydrogens (tertiary/aromatic N) is 2. The minimum absolute atomic E-state index is 0.384. The molecule has 0 heterocycles. The lowest BCUT2D eigenvalue weighted by atomic mass is 9.96. The van der Waals surface area contributed by atoms with Crippen LogP contribution < -0.4 is 10.8 Å². The molecule has 0 amide bonds. The zero-order valence-electron chi connectivity index (χ0n) is 13.3. The Bertz CT molecular complexity index is 352. The maximum atomic E-state index is 8.93. The highest BCUT2D eigenvalue weighted by Crippen LogP contribution is 2.08. The molecule has 20 heavy (non-hydrogen) atoms. The number of oxime groups is 2. The molecule has 0 unspecified atom stereocenters. The first-order valence-corrected chi connectivity index (χ1v) is 6.75. The van der Waals surface area contributed by atoms with Crippen molar-refractivity contribution in [1.29, 1.82) is 0 Å². The van der Waals surface area contributed by atoms with E-state index in [1.54, 1.807) is 6.92 Å². The molecule has 118 valence electrons. The summed E-state index contributed by atoms with van der Waals surface area (Å²) >= 11 is 0. The van der Waals surface area contributed by atoms with Crippen molar-refractivity contribution in [1.82, 2.24) is 10.8 Å². The van der Waals surface area contributed by atoms with E-state index in [1.165, 1.54) is 0 Å². The van der Waals surface area contributed by atoms with E-state index in [1.807, 2.05) is 34.6 Å². The van der Waals surface area contributed by atoms with Gasteiger partial charge in [-0.25, -0.2) is 0 Å². The molecule has 0 aliphatic rings. The van der Waals surface area contributed by atoms with Crippen LogP contribution in [0.1, 0.15) is 48.0 Å². The van der Waals surface area contributed by atoms with Gasteiger partial charge >= 0.3 is 0 Å². The standard InChI is InChI=1S/C13H28N4O3/c1-7-11(16-19)13(5,6)14-8-9-20-17-12(3,4)10(2)15-18/h14,17-19H,7-9H2,1-6H3. The van der Waals surface area contributed by atoms with Crippen molar-refractivity contribution in [3.05, 3.63) is 0 Å². The van der Waals surface area contributed by atoms with E-state index in [-0.39, 0.29) is 5.54 Å². The second-order valence-corrected chi connectivity index (χ2v) is 5.71. The van der Waals surface area contributed by atoms with Crippen LogP contribution in [-0.4, -0.2) is 46.1 Å². The molecular weight excluding hydrogens is 260 g/mol. The Hall–Kier alpha value is -1.18. The monoisotopic (exact) mass is 288 g/mol. The smallest absolute Gasteiger partial charge is 0.0807 e. The van der Waals surface area contributed by atoms with Crippen molar-refractivity contribution >= 4 is 11.4 Å². The minimum Gasteiger partial charge on any atom is -0.411 e. The van der Waals surface area contributed by atoms with Crippen molar-refractivity contribution in [3.8, 4) is 0 Å². The molecule has 0 aliphatic heterocycles. The molecule has 0 aromatic heterocycles. The van der Waals surface area contributed by atoms with E-state index >= 15 is 0 Å². The van der Waals surface area contributed by atoms with Crippen LogP contribution in [0.5, 0.6) is 0 Å². The van der Waals surface area contributed by atoms with Gasteiger partial charge in [0.05, 0.1) is 29.1 Å². The summed E-state index contributed by atoms with van der Waals surface area (Å²) in [6.45, 7) is 12.3. The van der Waals surface area contributed by atoms with E-state index in [0.29, 0.717) is 31.0 Å². The molecule has 0 rings (SSSR count). The fraction of sp³-hybridized carbons (Fsp3) is 0.846. The maximum Gasteiger partial charge on any atom is 0.0807 e. The van der Waals surface area contributed by atoms with Crippen LogP contribution in [0, 0.1) is 0 Å². The molecule has 0 saturated carbocycles. The van der Waals surface area contributed by atoms with Gasteiger partial charge in [0, 0.05) is 6.54 Å². The van der Waals surface area contributed by atoms with Crippen molar-refractivity contribution in [3.63, 3.8) is 0 Å². The topological polar surface area (TPSA) is 98.5 Å². The largest absolute Gasteiger partial charge is 0.411 e. The Kier molecular flexibility index (Phi) is 7.70. The molecule has 7 nitrogen and oxygen atoms in total. The Morgan fingerprint density at radius 3 is 2.15 bits per heavy atom. The molecule has 0 fully saturated rings. The number of hydroxylamine groups is 1. The van der Waals surface area contributed by atoms with Crippen LogP contribution >= 0.6 is 0 Å². The predicted molar refractivity (Wildman–Crippen MR) is 79.7 cm³/mol. The van der Waals surface area contributed by atoms with E-state index < -0.39 is 5.54 Å². The van der Waals surface area contributed by atoms with Gasteiger partial charge in [0.15, 0.2) is 0 Å². The molecule has 0 spiro atoms. The highest BCUT2D eigenvalue weighted by atomic mass is 16.6. The first-order valence-electron chi connectivity index (χ1n) is 6.75. The van der Waals surface area contributed by atoms with Gasteiger partial charge < -0.3 is 15.7 Å². The van der Waals surface area contributed by atoms with Crippen molar-refractivity contribution in [2.75, 3.05) is 13.2 Å². The summed E-state index contributed by atoms with van der Waals surface area (Å²) in [4.78, 5) is 5.36. The molecule has 0 saturated heterocycles. The van der Waals surface area contributed by atoms with Crippen LogP contribution in [0.25, 0.3) is 0 Å². The van der Waals surface area contributed by atoms with Gasteiger partial charge in [0.2, 0.25) is 0 Å². The van der Waals surface area contributed by atoms with Crippen LogP contribution in [0.4, 0.5) is 0 Å². The van der Waals surface area contributed by atoms with Crippen LogP contribution in [0.3, 0.4) is 0 Å². The lowest BCUT2D eigenvalue weighted by Crippen LogP contribution is -2.49. The number of rotatable bonds is 9. The third-order valence-corrected chi connectivity index (χ3v) is 3.33. The third kappa shape index (κ3) is 5.85. The molecule has 7 heteroatoms. The Balaban J connectivity index is 4.11. The summed E-state index contributed by atoms with van der Waals surface area (Å²) in [5.41, 5.74) is 3.15. The summed E-state index contributed by atoms with van der Waals surface area (Å²) in [5.74, 6) is 0. The highest BCUT2D eigenvalue weighted by Gasteiger charge is 2.24. The number of hydrogen-bond acceptors (Lipinski definition) is 7. The SMILES string of the molecule is CCC(=NO)C(C)(C)NCCONC(C)(C)C(C)=NO. The maximum absolute atomic E-state index is 8.93. The van der Waals surface area contributed by atoms with Crippen molar-refractivity contribution in [2.24, 2.45) is 10.3 Å². The second-order valence-electron chi connectivity index (χ2n) is 5.71. The van der Waals surface area contributed by atoms with Crippen molar-refractivity contribution < 1.29 is 15.3 Å². The number of nitrogens with one attached hydrogen (secondary N) is 2. The molecule has 0 aromatic carbocycles. The fourth-order valence-electron chi connectivity index (χ4n) is 1.58. The summed E-state index contributed by atoms with van der Waals surface area (Å²) in [7, 11) is 0. The lowest BCUT2D eigenvalue weighted by molar-refractivity contribution is 0.00864. The summed E-state index contributed by atoms with van der Waals surface area (Å²) in [5, 5.41) is 27.4. The van der Waals surface area contributed by atoms with E-state index in [4.69, 9.17) is 15.3 Å². The Morgan fingerprint density at radius 1 is 1.10 bits per heavy atom. The quantitative estimate of drug-likeness (QED) is 0.224. The first kappa shape index (κ1) is 18.8. The van der Waals surface area contributed by atoms with Crippen LogP contribution in [0.15, 0.2) is 10.3 Å².